The Labute approximate surface area is 156 Å². The third kappa shape index (κ3) is 6.15. The molecule has 1 N–H and O–H groups in total. The summed E-state index contributed by atoms with van der Waals surface area (Å²) in [5, 5.41) is 3.35. The van der Waals surface area contributed by atoms with Gasteiger partial charge in [0.1, 0.15) is 0 Å². The highest BCUT2D eigenvalue weighted by Gasteiger charge is 2.17. The lowest BCUT2D eigenvalue weighted by Crippen LogP contribution is -2.21. The minimum Gasteiger partial charge on any atom is -0.456 e. The molecule has 1 fully saturated rings. The van der Waals surface area contributed by atoms with Crippen molar-refractivity contribution in [3.05, 3.63) is 27.2 Å². The van der Waals surface area contributed by atoms with E-state index < -0.39 is 5.91 Å². The van der Waals surface area contributed by atoms with Crippen LogP contribution in [0.1, 0.15) is 44.9 Å². The fourth-order valence-corrected chi connectivity index (χ4v) is 3.76. The first-order chi connectivity index (χ1) is 11.5. The monoisotopic (exact) mass is 391 g/mol. The van der Waals surface area contributed by atoms with E-state index >= 15 is 0 Å². The number of nitrogens with one attached hydrogen (secondary N) is 1. The SMILES string of the molecule is O=C(COC(=O)CCC1CCCCC1)Nc1c(Cl)cc(Cl)cc1Cl. The molecule has 0 saturated heterocycles. The van der Waals surface area contributed by atoms with Crippen LogP contribution in [0.5, 0.6) is 0 Å². The number of carbonyl (C=O) groups is 2. The number of ether oxygens (including phenoxy) is 1. The van der Waals surface area contributed by atoms with Crippen molar-refractivity contribution >= 4 is 52.4 Å². The number of hydrogen-bond acceptors (Lipinski definition) is 3. The molecule has 0 aromatic heterocycles. The van der Waals surface area contributed by atoms with Crippen LogP contribution in [-0.4, -0.2) is 18.5 Å². The zero-order valence-corrected chi connectivity index (χ0v) is 15.5. The van der Waals surface area contributed by atoms with Crippen molar-refractivity contribution in [2.24, 2.45) is 5.92 Å². The second kappa shape index (κ2) is 9.50. The summed E-state index contributed by atoms with van der Waals surface area (Å²) in [5.41, 5.74) is 0.256. The van der Waals surface area contributed by atoms with Gasteiger partial charge in [0.15, 0.2) is 6.61 Å². The van der Waals surface area contributed by atoms with Gasteiger partial charge in [-0.25, -0.2) is 0 Å². The van der Waals surface area contributed by atoms with Gasteiger partial charge < -0.3 is 10.1 Å². The summed E-state index contributed by atoms with van der Waals surface area (Å²) < 4.78 is 5.01. The van der Waals surface area contributed by atoms with E-state index in [0.29, 0.717) is 17.4 Å². The molecule has 1 aromatic carbocycles. The van der Waals surface area contributed by atoms with Crippen LogP contribution in [0.15, 0.2) is 12.1 Å². The Kier molecular flexibility index (Phi) is 7.66. The number of rotatable bonds is 6. The Balaban J connectivity index is 1.73. The van der Waals surface area contributed by atoms with Crippen LogP contribution in [0.2, 0.25) is 15.1 Å². The number of benzene rings is 1. The summed E-state index contributed by atoms with van der Waals surface area (Å²) in [5.74, 6) is -0.247. The normalized spacial score (nSPS) is 15.1. The van der Waals surface area contributed by atoms with E-state index in [1.54, 1.807) is 0 Å². The van der Waals surface area contributed by atoms with Gasteiger partial charge in [-0.3, -0.25) is 9.59 Å². The summed E-state index contributed by atoms with van der Waals surface area (Å²) in [7, 11) is 0. The molecule has 0 atom stereocenters. The largest absolute Gasteiger partial charge is 0.456 e. The topological polar surface area (TPSA) is 55.4 Å². The minimum absolute atomic E-state index is 0.226. The summed E-state index contributed by atoms with van der Waals surface area (Å²) in [6.07, 6.45) is 7.31. The first-order valence-corrected chi connectivity index (χ1v) is 9.19. The standard InChI is InChI=1S/C17H20Cl3NO3/c18-12-8-13(19)17(14(20)9-12)21-15(22)10-24-16(23)7-6-11-4-2-1-3-5-11/h8-9,11H,1-7,10H2,(H,21,22). The maximum absolute atomic E-state index is 11.9. The summed E-state index contributed by atoms with van der Waals surface area (Å²) >= 11 is 17.8. The van der Waals surface area contributed by atoms with Crippen molar-refractivity contribution in [3.63, 3.8) is 0 Å². The molecule has 0 heterocycles. The molecule has 2 rings (SSSR count). The van der Waals surface area contributed by atoms with E-state index in [1.807, 2.05) is 0 Å². The molecule has 0 aliphatic heterocycles. The van der Waals surface area contributed by atoms with Crippen molar-refractivity contribution in [3.8, 4) is 0 Å². The van der Waals surface area contributed by atoms with Gasteiger partial charge in [-0.1, -0.05) is 66.9 Å². The molecule has 1 saturated carbocycles. The van der Waals surface area contributed by atoms with Gasteiger partial charge in [0, 0.05) is 11.4 Å². The molecular weight excluding hydrogens is 373 g/mol. The zero-order chi connectivity index (χ0) is 17.5. The van der Waals surface area contributed by atoms with Gasteiger partial charge in [0.25, 0.3) is 5.91 Å². The van der Waals surface area contributed by atoms with Gasteiger partial charge in [-0.2, -0.15) is 0 Å². The number of carbonyl (C=O) groups excluding carboxylic acids is 2. The fraction of sp³-hybridized carbons (Fsp3) is 0.529. The van der Waals surface area contributed by atoms with Gasteiger partial charge in [0.2, 0.25) is 0 Å². The maximum atomic E-state index is 11.9. The molecule has 7 heteroatoms. The van der Waals surface area contributed by atoms with Gasteiger partial charge in [-0.05, 0) is 24.5 Å². The average Bonchev–Trinajstić information content (AvgIpc) is 2.55. The van der Waals surface area contributed by atoms with E-state index in [4.69, 9.17) is 39.5 Å². The summed E-state index contributed by atoms with van der Waals surface area (Å²) in [6.45, 7) is -0.362. The van der Waals surface area contributed by atoms with Gasteiger partial charge in [-0.15, -0.1) is 0 Å². The van der Waals surface area contributed by atoms with E-state index in [-0.39, 0.29) is 28.3 Å². The Morgan fingerprint density at radius 1 is 1.08 bits per heavy atom. The van der Waals surface area contributed by atoms with Crippen LogP contribution in [0, 0.1) is 5.92 Å². The lowest BCUT2D eigenvalue weighted by Gasteiger charge is -2.20. The maximum Gasteiger partial charge on any atom is 0.306 e. The molecule has 24 heavy (non-hydrogen) atoms. The second-order valence-corrected chi connectivity index (χ2v) is 7.25. The average molecular weight is 393 g/mol. The van der Waals surface area contributed by atoms with Crippen molar-refractivity contribution in [2.45, 2.75) is 44.9 Å². The molecule has 0 unspecified atom stereocenters. The summed E-state index contributed by atoms with van der Waals surface area (Å²) in [4.78, 5) is 23.6. The lowest BCUT2D eigenvalue weighted by atomic mass is 9.86. The number of hydrogen-bond donors (Lipinski definition) is 1. The highest BCUT2D eigenvalue weighted by atomic mass is 35.5. The Morgan fingerprint density at radius 3 is 2.33 bits per heavy atom. The molecule has 0 radical (unpaired) electrons. The predicted molar refractivity (Wildman–Crippen MR) is 96.9 cm³/mol. The van der Waals surface area contributed by atoms with Crippen molar-refractivity contribution < 1.29 is 14.3 Å². The van der Waals surface area contributed by atoms with E-state index in [2.05, 4.69) is 5.32 Å². The highest BCUT2D eigenvalue weighted by molar-refractivity contribution is 6.42. The van der Waals surface area contributed by atoms with E-state index in [0.717, 1.165) is 6.42 Å². The van der Waals surface area contributed by atoms with Crippen LogP contribution in [0.25, 0.3) is 0 Å². The Morgan fingerprint density at radius 2 is 1.71 bits per heavy atom. The minimum atomic E-state index is -0.493. The number of anilines is 1. The highest BCUT2D eigenvalue weighted by Crippen LogP contribution is 2.33. The molecule has 0 bridgehead atoms. The predicted octanol–water partition coefficient (Wildman–Crippen LogP) is 5.49. The van der Waals surface area contributed by atoms with Crippen molar-refractivity contribution in [1.29, 1.82) is 0 Å². The Bertz CT molecular complexity index is 578. The van der Waals surface area contributed by atoms with Gasteiger partial charge in [0.05, 0.1) is 15.7 Å². The number of amides is 1. The molecule has 1 aliphatic rings. The third-order valence-electron chi connectivity index (χ3n) is 4.12. The van der Waals surface area contributed by atoms with Crippen molar-refractivity contribution in [2.75, 3.05) is 11.9 Å². The van der Waals surface area contributed by atoms with Crippen LogP contribution in [0.3, 0.4) is 0 Å². The number of halogens is 3. The van der Waals surface area contributed by atoms with E-state index in [1.165, 1.54) is 44.2 Å². The molecule has 1 amide bonds. The second-order valence-electron chi connectivity index (χ2n) is 6.00. The molecule has 132 valence electrons. The van der Waals surface area contributed by atoms with Gasteiger partial charge >= 0.3 is 5.97 Å². The lowest BCUT2D eigenvalue weighted by molar-refractivity contribution is -0.147. The van der Waals surface area contributed by atoms with Crippen LogP contribution in [0.4, 0.5) is 5.69 Å². The molecule has 0 spiro atoms. The Hall–Kier alpha value is -0.970. The van der Waals surface area contributed by atoms with E-state index in [9.17, 15) is 9.59 Å². The van der Waals surface area contributed by atoms with Crippen molar-refractivity contribution in [1.82, 2.24) is 0 Å². The first kappa shape index (κ1) is 19.4. The van der Waals surface area contributed by atoms with Crippen LogP contribution in [-0.2, 0) is 14.3 Å². The number of esters is 1. The smallest absolute Gasteiger partial charge is 0.306 e. The quantitative estimate of drug-likeness (QED) is 0.651. The fourth-order valence-electron chi connectivity index (χ4n) is 2.85. The third-order valence-corrected chi connectivity index (χ3v) is 4.93. The summed E-state index contributed by atoms with van der Waals surface area (Å²) in [6, 6.07) is 2.95. The van der Waals surface area contributed by atoms with Crippen LogP contribution >= 0.6 is 34.8 Å². The van der Waals surface area contributed by atoms with Crippen LogP contribution < -0.4 is 5.32 Å². The first-order valence-electron chi connectivity index (χ1n) is 8.05. The molecule has 1 aromatic rings. The molecule has 4 nitrogen and oxygen atoms in total. The zero-order valence-electron chi connectivity index (χ0n) is 13.2. The molecule has 1 aliphatic carbocycles. The molecular formula is C17H20Cl3NO3.